The Balaban J connectivity index is 0.000000194. The topological polar surface area (TPSA) is 109 Å². The smallest absolute Gasteiger partial charge is 0.217 e. The minimum absolute atomic E-state index is 0.0606. The zero-order valence-corrected chi connectivity index (χ0v) is 28.8. The lowest BCUT2D eigenvalue weighted by molar-refractivity contribution is -0.186. The molecule has 47 heavy (non-hydrogen) atoms. The summed E-state index contributed by atoms with van der Waals surface area (Å²) in [4.78, 5) is 7.96. The van der Waals surface area contributed by atoms with E-state index in [1.807, 2.05) is 64.1 Å². The van der Waals surface area contributed by atoms with Gasteiger partial charge in [0.25, 0.3) is 0 Å². The Kier molecular flexibility index (Phi) is 11.2. The van der Waals surface area contributed by atoms with E-state index in [0.717, 1.165) is 5.56 Å². The fourth-order valence-corrected chi connectivity index (χ4v) is 5.73. The van der Waals surface area contributed by atoms with Gasteiger partial charge in [0.2, 0.25) is 5.79 Å². The van der Waals surface area contributed by atoms with Crippen molar-refractivity contribution < 1.29 is 19.3 Å². The third-order valence-electron chi connectivity index (χ3n) is 7.57. The van der Waals surface area contributed by atoms with Crippen LogP contribution in [-0.4, -0.2) is 53.5 Å². The molecule has 1 aliphatic heterocycles. The highest BCUT2D eigenvalue weighted by atomic mass is 35.5. The molecule has 3 aromatic carbocycles. The van der Waals surface area contributed by atoms with Crippen molar-refractivity contribution in [2.45, 2.75) is 64.7 Å². The highest BCUT2D eigenvalue weighted by molar-refractivity contribution is 6.31. The Labute approximate surface area is 289 Å². The van der Waals surface area contributed by atoms with E-state index in [4.69, 9.17) is 49.0 Å². The first-order chi connectivity index (χ1) is 22.4. The summed E-state index contributed by atoms with van der Waals surface area (Å²) in [6.07, 6.45) is 6.31. The Morgan fingerprint density at radius 3 is 2.11 bits per heavy atom. The summed E-state index contributed by atoms with van der Waals surface area (Å²) < 4.78 is 21.3. The molecule has 248 valence electrons. The molecule has 1 aliphatic rings. The van der Waals surface area contributed by atoms with Crippen molar-refractivity contribution in [3.05, 3.63) is 118 Å². The molecule has 2 aromatic heterocycles. The zero-order chi connectivity index (χ0) is 33.6. The van der Waals surface area contributed by atoms with Gasteiger partial charge < -0.3 is 19.3 Å². The summed E-state index contributed by atoms with van der Waals surface area (Å²) in [5.41, 5.74) is 1.59. The number of aliphatic hydroxyl groups is 1. The summed E-state index contributed by atoms with van der Waals surface area (Å²) in [6.45, 7) is 8.81. The molecule has 2 unspecified atom stereocenters. The van der Waals surface area contributed by atoms with Gasteiger partial charge in [0.15, 0.2) is 0 Å². The fraction of sp³-hybridized carbons (Fsp3) is 0.353. The standard InChI is InChI=1S/C19H17Cl2N3O3.C15H20ClN3O/c1-13-9-25-19(27-13,10-24-12-22-11-23-24)17-7-6-16(8-18(17)21)26-15-4-2-14(20)3-5-15;1-15(2,3)14(20)13(19-10-17-9-18-19)8-11-4-6-12(16)7-5-11/h2-8,11-13H,9-10H2,1H3;4-7,9-10,13-14,20H,8H2,1-3H3/t;13-,14+/m.1/s1. The predicted molar refractivity (Wildman–Crippen MR) is 181 cm³/mol. The van der Waals surface area contributed by atoms with Crippen molar-refractivity contribution in [3.8, 4) is 11.5 Å². The number of nitrogens with zero attached hydrogens (tertiary/aromatic N) is 6. The number of hydrogen-bond acceptors (Lipinski definition) is 8. The number of ether oxygens (including phenoxy) is 3. The van der Waals surface area contributed by atoms with Crippen molar-refractivity contribution in [1.82, 2.24) is 29.5 Å². The lowest BCUT2D eigenvalue weighted by atomic mass is 9.82. The van der Waals surface area contributed by atoms with Gasteiger partial charge in [0, 0.05) is 15.6 Å². The van der Waals surface area contributed by atoms with Crippen LogP contribution in [0.25, 0.3) is 0 Å². The molecular weight excluding hydrogens is 663 g/mol. The van der Waals surface area contributed by atoms with Gasteiger partial charge in [-0.15, -0.1) is 0 Å². The highest BCUT2D eigenvalue weighted by Gasteiger charge is 2.44. The zero-order valence-electron chi connectivity index (χ0n) is 26.5. The van der Waals surface area contributed by atoms with E-state index in [0.29, 0.717) is 51.7 Å². The van der Waals surface area contributed by atoms with Crippen LogP contribution in [0, 0.1) is 5.41 Å². The van der Waals surface area contributed by atoms with Gasteiger partial charge in [-0.1, -0.05) is 67.7 Å². The van der Waals surface area contributed by atoms with Gasteiger partial charge in [-0.2, -0.15) is 10.2 Å². The monoisotopic (exact) mass is 698 g/mol. The quantitative estimate of drug-likeness (QED) is 0.166. The molecule has 0 aliphatic carbocycles. The average molecular weight is 700 g/mol. The second-order valence-corrected chi connectivity index (χ2v) is 13.6. The molecule has 6 rings (SSSR count). The van der Waals surface area contributed by atoms with E-state index in [2.05, 4.69) is 20.2 Å². The summed E-state index contributed by atoms with van der Waals surface area (Å²) in [7, 11) is 0. The molecule has 4 atom stereocenters. The Bertz CT molecular complexity index is 1700. The summed E-state index contributed by atoms with van der Waals surface area (Å²) in [5.74, 6) is 0.249. The van der Waals surface area contributed by atoms with Crippen LogP contribution in [0.5, 0.6) is 11.5 Å². The number of halogens is 3. The molecule has 0 radical (unpaired) electrons. The fourth-order valence-electron chi connectivity index (χ4n) is 5.17. The van der Waals surface area contributed by atoms with Gasteiger partial charge >= 0.3 is 0 Å². The minimum atomic E-state index is -1.02. The molecule has 0 spiro atoms. The van der Waals surface area contributed by atoms with Crippen molar-refractivity contribution in [1.29, 1.82) is 0 Å². The maximum absolute atomic E-state index is 10.6. The molecule has 0 amide bonds. The van der Waals surface area contributed by atoms with Gasteiger partial charge in [0.1, 0.15) is 43.4 Å². The lowest BCUT2D eigenvalue weighted by Gasteiger charge is -2.33. The Morgan fingerprint density at radius 2 is 1.55 bits per heavy atom. The van der Waals surface area contributed by atoms with Crippen LogP contribution in [0.2, 0.25) is 15.1 Å². The van der Waals surface area contributed by atoms with Crippen molar-refractivity contribution >= 4 is 34.8 Å². The number of aliphatic hydroxyl groups excluding tert-OH is 1. The third kappa shape index (κ3) is 9.10. The van der Waals surface area contributed by atoms with E-state index in [1.165, 1.54) is 12.7 Å². The number of benzene rings is 3. The molecule has 1 saturated heterocycles. The number of rotatable bonds is 9. The normalized spacial score (nSPS) is 19.1. The van der Waals surface area contributed by atoms with Crippen LogP contribution in [0.3, 0.4) is 0 Å². The van der Waals surface area contributed by atoms with Gasteiger partial charge in [-0.25, -0.2) is 19.3 Å². The molecule has 1 N–H and O–H groups in total. The van der Waals surface area contributed by atoms with Gasteiger partial charge in [-0.3, -0.25) is 0 Å². The third-order valence-corrected chi connectivity index (χ3v) is 8.38. The molecule has 0 bridgehead atoms. The first-order valence-electron chi connectivity index (χ1n) is 15.1. The second kappa shape index (κ2) is 15.1. The minimum Gasteiger partial charge on any atom is -0.457 e. The molecule has 1 fully saturated rings. The SMILES string of the molecule is CC(C)(C)[C@@H](O)[C@@H](Cc1ccc(Cl)cc1)n1cncn1.CC1COC(Cn2cncn2)(c2ccc(Oc3ccc(Cl)cc3)cc2Cl)O1. The van der Waals surface area contributed by atoms with Crippen LogP contribution >= 0.6 is 34.8 Å². The van der Waals surface area contributed by atoms with Gasteiger partial charge in [-0.05, 0) is 78.9 Å². The largest absolute Gasteiger partial charge is 0.457 e. The number of hydrogen-bond donors (Lipinski definition) is 1. The summed E-state index contributed by atoms with van der Waals surface area (Å²) in [5, 5.41) is 20.8. The molecule has 5 aromatic rings. The average Bonchev–Trinajstić information content (AvgIpc) is 3.82. The second-order valence-electron chi connectivity index (χ2n) is 12.4. The van der Waals surface area contributed by atoms with Crippen LogP contribution in [0.1, 0.15) is 44.9 Å². The van der Waals surface area contributed by atoms with Crippen LogP contribution in [-0.2, 0) is 28.2 Å². The van der Waals surface area contributed by atoms with Crippen LogP contribution in [0.15, 0.2) is 92.0 Å². The lowest BCUT2D eigenvalue weighted by Crippen LogP contribution is -2.37. The van der Waals surface area contributed by atoms with Gasteiger partial charge in [0.05, 0.1) is 29.9 Å². The molecule has 3 heterocycles. The molecule has 10 nitrogen and oxygen atoms in total. The first-order valence-corrected chi connectivity index (χ1v) is 16.2. The first kappa shape index (κ1) is 34.8. The van der Waals surface area contributed by atoms with E-state index >= 15 is 0 Å². The van der Waals surface area contributed by atoms with E-state index in [9.17, 15) is 5.11 Å². The maximum Gasteiger partial charge on any atom is 0.217 e. The summed E-state index contributed by atoms with van der Waals surface area (Å²) >= 11 is 18.4. The maximum atomic E-state index is 10.6. The molecule has 13 heteroatoms. The van der Waals surface area contributed by atoms with Crippen molar-refractivity contribution in [2.75, 3.05) is 6.61 Å². The van der Waals surface area contributed by atoms with E-state index < -0.39 is 11.9 Å². The predicted octanol–water partition coefficient (Wildman–Crippen LogP) is 7.79. The van der Waals surface area contributed by atoms with Crippen LogP contribution in [0.4, 0.5) is 0 Å². The van der Waals surface area contributed by atoms with Crippen molar-refractivity contribution in [2.24, 2.45) is 5.41 Å². The molecule has 0 saturated carbocycles. The molecular formula is C34H37Cl3N6O4. The van der Waals surface area contributed by atoms with Crippen LogP contribution < -0.4 is 4.74 Å². The van der Waals surface area contributed by atoms with E-state index in [1.54, 1.807) is 52.4 Å². The highest BCUT2D eigenvalue weighted by Crippen LogP contribution is 2.41. The summed E-state index contributed by atoms with van der Waals surface area (Å²) in [6, 6.07) is 20.0. The van der Waals surface area contributed by atoms with E-state index in [-0.39, 0.29) is 17.6 Å². The Morgan fingerprint density at radius 1 is 0.915 bits per heavy atom. The number of aromatic nitrogens is 6. The Hall–Kier alpha value is -3.51. The van der Waals surface area contributed by atoms with Crippen molar-refractivity contribution in [3.63, 3.8) is 0 Å².